The van der Waals surface area contributed by atoms with E-state index in [1.165, 1.54) is 17.4 Å². The van der Waals surface area contributed by atoms with Crippen molar-refractivity contribution in [3.63, 3.8) is 0 Å². The number of benzene rings is 1. The Kier molecular flexibility index (Phi) is 5.10. The Bertz CT molecular complexity index is 675. The van der Waals surface area contributed by atoms with Crippen LogP contribution in [0.2, 0.25) is 0 Å². The SMILES string of the molecule is Cc1ccc(NC(=O)NC(C)C(O)c2ccc(F)c(F)c2)s1. The van der Waals surface area contributed by atoms with Crippen molar-refractivity contribution >= 4 is 22.4 Å². The molecule has 0 radical (unpaired) electrons. The van der Waals surface area contributed by atoms with Crippen LogP contribution >= 0.6 is 11.3 Å². The van der Waals surface area contributed by atoms with E-state index in [0.29, 0.717) is 5.00 Å². The first-order chi connectivity index (χ1) is 10.4. The van der Waals surface area contributed by atoms with Crippen LogP contribution in [-0.2, 0) is 0 Å². The van der Waals surface area contributed by atoms with E-state index in [-0.39, 0.29) is 5.56 Å². The maximum absolute atomic E-state index is 13.2. The number of urea groups is 1. The van der Waals surface area contributed by atoms with Crippen LogP contribution in [0.25, 0.3) is 0 Å². The summed E-state index contributed by atoms with van der Waals surface area (Å²) in [5.74, 6) is -2.02. The molecule has 0 aliphatic carbocycles. The normalized spacial score (nSPS) is 13.5. The van der Waals surface area contributed by atoms with E-state index in [4.69, 9.17) is 0 Å². The minimum Gasteiger partial charge on any atom is -0.386 e. The van der Waals surface area contributed by atoms with E-state index >= 15 is 0 Å². The van der Waals surface area contributed by atoms with E-state index in [1.54, 1.807) is 13.0 Å². The molecule has 1 heterocycles. The third kappa shape index (κ3) is 4.02. The number of carbonyl (C=O) groups is 1. The highest BCUT2D eigenvalue weighted by Gasteiger charge is 2.20. The first-order valence-corrected chi connectivity index (χ1v) is 7.45. The number of amides is 2. The highest BCUT2D eigenvalue weighted by Crippen LogP contribution is 2.21. The third-order valence-corrected chi connectivity index (χ3v) is 4.01. The van der Waals surface area contributed by atoms with Crippen molar-refractivity contribution in [2.45, 2.75) is 26.0 Å². The second kappa shape index (κ2) is 6.85. The zero-order chi connectivity index (χ0) is 16.3. The molecule has 2 atom stereocenters. The second-order valence-electron chi connectivity index (χ2n) is 4.92. The molecule has 2 amide bonds. The molecule has 0 saturated carbocycles. The van der Waals surface area contributed by atoms with Gasteiger partial charge in [-0.1, -0.05) is 6.07 Å². The van der Waals surface area contributed by atoms with Gasteiger partial charge in [-0.2, -0.15) is 0 Å². The Morgan fingerprint density at radius 3 is 2.55 bits per heavy atom. The van der Waals surface area contributed by atoms with Crippen LogP contribution in [0.15, 0.2) is 30.3 Å². The Labute approximate surface area is 130 Å². The van der Waals surface area contributed by atoms with Gasteiger partial charge in [0.25, 0.3) is 0 Å². The number of halogens is 2. The maximum Gasteiger partial charge on any atom is 0.320 e. The van der Waals surface area contributed by atoms with Crippen molar-refractivity contribution in [3.8, 4) is 0 Å². The molecule has 4 nitrogen and oxygen atoms in total. The summed E-state index contributed by atoms with van der Waals surface area (Å²) >= 11 is 1.43. The molecule has 3 N–H and O–H groups in total. The van der Waals surface area contributed by atoms with Crippen molar-refractivity contribution < 1.29 is 18.7 Å². The van der Waals surface area contributed by atoms with Gasteiger partial charge in [0.2, 0.25) is 0 Å². The summed E-state index contributed by atoms with van der Waals surface area (Å²) in [4.78, 5) is 12.9. The number of aliphatic hydroxyl groups excluding tert-OH is 1. The van der Waals surface area contributed by atoms with Crippen LogP contribution in [0.5, 0.6) is 0 Å². The molecular formula is C15H16F2N2O2S. The minimum atomic E-state index is -1.15. The highest BCUT2D eigenvalue weighted by molar-refractivity contribution is 7.16. The smallest absolute Gasteiger partial charge is 0.320 e. The van der Waals surface area contributed by atoms with E-state index in [1.807, 2.05) is 13.0 Å². The average molecular weight is 326 g/mol. The molecule has 0 spiro atoms. The summed E-state index contributed by atoms with van der Waals surface area (Å²) in [6, 6.07) is 5.63. The monoisotopic (exact) mass is 326 g/mol. The molecule has 2 unspecified atom stereocenters. The van der Waals surface area contributed by atoms with E-state index in [0.717, 1.165) is 17.0 Å². The number of hydrogen-bond donors (Lipinski definition) is 3. The van der Waals surface area contributed by atoms with Gasteiger partial charge in [-0.3, -0.25) is 5.32 Å². The van der Waals surface area contributed by atoms with Gasteiger partial charge < -0.3 is 10.4 Å². The number of rotatable bonds is 4. The first-order valence-electron chi connectivity index (χ1n) is 6.64. The fourth-order valence-electron chi connectivity index (χ4n) is 1.92. The van der Waals surface area contributed by atoms with Crippen LogP contribution in [-0.4, -0.2) is 17.2 Å². The molecule has 0 aliphatic rings. The Morgan fingerprint density at radius 1 is 1.23 bits per heavy atom. The van der Waals surface area contributed by atoms with Gasteiger partial charge in [0.05, 0.1) is 17.1 Å². The topological polar surface area (TPSA) is 61.4 Å². The Balaban J connectivity index is 1.96. The number of hydrogen-bond acceptors (Lipinski definition) is 3. The molecule has 2 aromatic rings. The van der Waals surface area contributed by atoms with Gasteiger partial charge >= 0.3 is 6.03 Å². The number of nitrogens with one attached hydrogen (secondary N) is 2. The number of thiophene rings is 1. The molecule has 7 heteroatoms. The molecule has 118 valence electrons. The van der Waals surface area contributed by atoms with Crippen molar-refractivity contribution in [1.29, 1.82) is 0 Å². The maximum atomic E-state index is 13.2. The highest BCUT2D eigenvalue weighted by atomic mass is 32.1. The third-order valence-electron chi connectivity index (χ3n) is 3.09. The van der Waals surface area contributed by atoms with Crippen LogP contribution in [0.1, 0.15) is 23.5 Å². The van der Waals surface area contributed by atoms with E-state index in [2.05, 4.69) is 10.6 Å². The number of aryl methyl sites for hydroxylation is 1. The second-order valence-corrected chi connectivity index (χ2v) is 6.20. The summed E-state index contributed by atoms with van der Waals surface area (Å²) < 4.78 is 26.1. The molecule has 1 aromatic carbocycles. The van der Waals surface area contributed by atoms with Crippen molar-refractivity contribution in [2.75, 3.05) is 5.32 Å². The summed E-state index contributed by atoms with van der Waals surface area (Å²) in [7, 11) is 0. The van der Waals surface area contributed by atoms with Crippen LogP contribution < -0.4 is 10.6 Å². The predicted octanol–water partition coefficient (Wildman–Crippen LogP) is 3.58. The molecular weight excluding hydrogens is 310 g/mol. The standard InChI is InChI=1S/C15H16F2N2O2S/c1-8-3-6-13(22-8)19-15(21)18-9(2)14(20)10-4-5-11(16)12(17)7-10/h3-7,9,14,20H,1-2H3,(H2,18,19,21). The predicted molar refractivity (Wildman–Crippen MR) is 82.0 cm³/mol. The Morgan fingerprint density at radius 2 is 1.95 bits per heavy atom. The van der Waals surface area contributed by atoms with Crippen molar-refractivity contribution in [1.82, 2.24) is 5.32 Å². The van der Waals surface area contributed by atoms with Crippen LogP contribution in [0.4, 0.5) is 18.6 Å². The molecule has 2 rings (SSSR count). The van der Waals surface area contributed by atoms with Gasteiger partial charge in [0.15, 0.2) is 11.6 Å². The van der Waals surface area contributed by atoms with Crippen molar-refractivity contribution in [3.05, 3.63) is 52.4 Å². The van der Waals surface area contributed by atoms with Gasteiger partial charge in [0, 0.05) is 4.88 Å². The molecule has 1 aromatic heterocycles. The molecule has 0 aliphatic heterocycles. The quantitative estimate of drug-likeness (QED) is 0.804. The lowest BCUT2D eigenvalue weighted by atomic mass is 10.0. The lowest BCUT2D eigenvalue weighted by Crippen LogP contribution is -2.39. The fraction of sp³-hybridized carbons (Fsp3) is 0.267. The largest absolute Gasteiger partial charge is 0.386 e. The zero-order valence-corrected chi connectivity index (χ0v) is 12.9. The average Bonchev–Trinajstić information content (AvgIpc) is 2.86. The lowest BCUT2D eigenvalue weighted by molar-refractivity contribution is 0.138. The molecule has 0 bridgehead atoms. The van der Waals surface area contributed by atoms with Crippen LogP contribution in [0.3, 0.4) is 0 Å². The summed E-state index contributed by atoms with van der Waals surface area (Å²) in [6.07, 6.45) is -1.15. The minimum absolute atomic E-state index is 0.193. The fourth-order valence-corrected chi connectivity index (χ4v) is 2.68. The summed E-state index contributed by atoms with van der Waals surface area (Å²) in [6.45, 7) is 3.49. The Hall–Kier alpha value is -1.99. The summed E-state index contributed by atoms with van der Waals surface area (Å²) in [5, 5.41) is 16.0. The van der Waals surface area contributed by atoms with Crippen LogP contribution in [0, 0.1) is 18.6 Å². The van der Waals surface area contributed by atoms with Gasteiger partial charge in [-0.15, -0.1) is 11.3 Å². The van der Waals surface area contributed by atoms with Gasteiger partial charge in [-0.25, -0.2) is 13.6 Å². The molecule has 0 fully saturated rings. The number of aliphatic hydroxyl groups is 1. The van der Waals surface area contributed by atoms with E-state index in [9.17, 15) is 18.7 Å². The van der Waals surface area contributed by atoms with Gasteiger partial charge in [0.1, 0.15) is 0 Å². The molecule has 22 heavy (non-hydrogen) atoms. The summed E-state index contributed by atoms with van der Waals surface area (Å²) in [5.41, 5.74) is 0.193. The van der Waals surface area contributed by atoms with Crippen molar-refractivity contribution in [2.24, 2.45) is 0 Å². The zero-order valence-electron chi connectivity index (χ0n) is 12.1. The molecule has 0 saturated heterocycles. The number of anilines is 1. The van der Waals surface area contributed by atoms with E-state index < -0.39 is 29.8 Å². The lowest BCUT2D eigenvalue weighted by Gasteiger charge is -2.20. The first kappa shape index (κ1) is 16.4. The van der Waals surface area contributed by atoms with Gasteiger partial charge in [-0.05, 0) is 43.7 Å². The number of carbonyl (C=O) groups excluding carboxylic acids is 1.